The average Bonchev–Trinajstić information content (AvgIpc) is 3.33. The van der Waals surface area contributed by atoms with E-state index >= 15 is 0 Å². The van der Waals surface area contributed by atoms with Crippen molar-refractivity contribution in [2.75, 3.05) is 31.6 Å². The smallest absolute Gasteiger partial charge is 0.377 e. The zero-order valence-corrected chi connectivity index (χ0v) is 19.2. The molecule has 1 aromatic heterocycles. The van der Waals surface area contributed by atoms with E-state index in [1.54, 1.807) is 6.92 Å². The Morgan fingerprint density at radius 1 is 1.09 bits per heavy atom. The topological polar surface area (TPSA) is 50.3 Å². The van der Waals surface area contributed by atoms with Crippen molar-refractivity contribution in [3.8, 4) is 11.3 Å². The van der Waals surface area contributed by atoms with E-state index in [1.165, 1.54) is 24.6 Å². The normalized spacial score (nSPS) is 27.7. The van der Waals surface area contributed by atoms with Crippen LogP contribution in [0.1, 0.15) is 43.2 Å². The van der Waals surface area contributed by atoms with Gasteiger partial charge in [0.05, 0.1) is 11.8 Å². The molecule has 0 radical (unpaired) electrons. The fraction of sp³-hybridized carbons (Fsp3) is 0.600. The average molecular weight is 479 g/mol. The number of aryl methyl sites for hydroxylation is 1. The molecule has 3 unspecified atom stereocenters. The Balaban J connectivity index is 1.26. The monoisotopic (exact) mass is 478 g/mol. The molecule has 0 spiro atoms. The van der Waals surface area contributed by atoms with E-state index in [9.17, 15) is 17.6 Å². The van der Waals surface area contributed by atoms with Crippen molar-refractivity contribution in [2.45, 2.75) is 57.3 Å². The Morgan fingerprint density at radius 3 is 2.53 bits per heavy atom. The van der Waals surface area contributed by atoms with Crippen molar-refractivity contribution >= 4 is 5.82 Å². The summed E-state index contributed by atoms with van der Waals surface area (Å²) in [6, 6.07) is 4.88. The third-order valence-corrected chi connectivity index (χ3v) is 7.48. The van der Waals surface area contributed by atoms with Gasteiger partial charge < -0.3 is 15.0 Å². The van der Waals surface area contributed by atoms with Crippen LogP contribution in [-0.2, 0) is 10.9 Å². The van der Waals surface area contributed by atoms with Crippen LogP contribution in [-0.4, -0.2) is 53.5 Å². The third-order valence-electron chi connectivity index (χ3n) is 7.48. The second-order valence-electron chi connectivity index (χ2n) is 9.99. The van der Waals surface area contributed by atoms with E-state index in [-0.39, 0.29) is 17.6 Å². The summed E-state index contributed by atoms with van der Waals surface area (Å²) in [6.07, 6.45) is 0.816. The molecule has 2 aliphatic heterocycles. The minimum Gasteiger partial charge on any atom is -0.377 e. The molecule has 34 heavy (non-hydrogen) atoms. The van der Waals surface area contributed by atoms with Gasteiger partial charge in [0.1, 0.15) is 11.4 Å². The number of benzene rings is 1. The second-order valence-corrected chi connectivity index (χ2v) is 9.99. The number of hydrogen-bond donors (Lipinski definition) is 1. The largest absolute Gasteiger partial charge is 0.420 e. The third kappa shape index (κ3) is 5.05. The van der Waals surface area contributed by atoms with Gasteiger partial charge in [0, 0.05) is 37.8 Å². The predicted molar refractivity (Wildman–Crippen MR) is 121 cm³/mol. The lowest BCUT2D eigenvalue weighted by molar-refractivity contribution is -0.137. The van der Waals surface area contributed by atoms with E-state index < -0.39 is 17.6 Å². The Kier molecular flexibility index (Phi) is 6.50. The van der Waals surface area contributed by atoms with Crippen molar-refractivity contribution in [1.29, 1.82) is 0 Å². The highest BCUT2D eigenvalue weighted by atomic mass is 19.4. The lowest BCUT2D eigenvalue weighted by atomic mass is 10.0. The standard InChI is InChI=1S/C25H30F4N4O/c1-15-5-6-18(26)10-21(15)23-11-22(25(27,28)29)24(32-31-23)30-19-8-16-12-33(13-17(16)9-19)14-20-4-2-3-7-34-20/h5-6,10-11,16-17,19-20H,2-4,7-9,12-14H2,1H3,(H,30,32). The SMILES string of the molecule is Cc1ccc(F)cc1-c1cc(C(F)(F)F)c(NC2CC3CN(CC4CCCCO4)CC3C2)nn1. The van der Waals surface area contributed by atoms with Crippen molar-refractivity contribution in [3.63, 3.8) is 0 Å². The molecule has 184 valence electrons. The van der Waals surface area contributed by atoms with Gasteiger partial charge in [-0.05, 0) is 74.6 Å². The molecule has 0 bridgehead atoms. The van der Waals surface area contributed by atoms with Crippen LogP contribution in [0.2, 0.25) is 0 Å². The van der Waals surface area contributed by atoms with E-state index in [2.05, 4.69) is 20.4 Å². The number of nitrogens with zero attached hydrogens (tertiary/aromatic N) is 3. The highest BCUT2D eigenvalue weighted by Crippen LogP contribution is 2.41. The van der Waals surface area contributed by atoms with Gasteiger partial charge in [-0.25, -0.2) is 4.39 Å². The highest BCUT2D eigenvalue weighted by Gasteiger charge is 2.43. The lowest BCUT2D eigenvalue weighted by Crippen LogP contribution is -2.35. The first-order chi connectivity index (χ1) is 16.3. The number of halogens is 4. The van der Waals surface area contributed by atoms with Crippen molar-refractivity contribution in [2.24, 2.45) is 11.8 Å². The molecule has 0 amide bonds. The maximum atomic E-state index is 13.9. The van der Waals surface area contributed by atoms with Gasteiger partial charge in [0.2, 0.25) is 0 Å². The van der Waals surface area contributed by atoms with Crippen LogP contribution in [0, 0.1) is 24.6 Å². The molecule has 5 nitrogen and oxygen atoms in total. The molecule has 3 aliphatic rings. The van der Waals surface area contributed by atoms with Gasteiger partial charge in [-0.15, -0.1) is 10.2 Å². The minimum absolute atomic E-state index is 0.0127. The molecule has 9 heteroatoms. The molecule has 3 heterocycles. The fourth-order valence-corrected chi connectivity index (χ4v) is 5.81. The number of hydrogen-bond acceptors (Lipinski definition) is 5. The Morgan fingerprint density at radius 2 is 1.85 bits per heavy atom. The van der Waals surface area contributed by atoms with Crippen LogP contribution in [0.15, 0.2) is 24.3 Å². The van der Waals surface area contributed by atoms with Crippen LogP contribution in [0.25, 0.3) is 11.3 Å². The Hall–Kier alpha value is -2.26. The van der Waals surface area contributed by atoms with Crippen LogP contribution >= 0.6 is 0 Å². The summed E-state index contributed by atoms with van der Waals surface area (Å²) in [5.41, 5.74) is 0.0892. The van der Waals surface area contributed by atoms with Crippen LogP contribution in [0.3, 0.4) is 0 Å². The number of fused-ring (bicyclic) bond motifs is 1. The van der Waals surface area contributed by atoms with Crippen molar-refractivity contribution < 1.29 is 22.3 Å². The number of rotatable bonds is 5. The first-order valence-corrected chi connectivity index (χ1v) is 12.1. The first-order valence-electron chi connectivity index (χ1n) is 12.1. The van der Waals surface area contributed by atoms with Crippen LogP contribution < -0.4 is 5.32 Å². The zero-order chi connectivity index (χ0) is 23.9. The summed E-state index contributed by atoms with van der Waals surface area (Å²) in [7, 11) is 0. The fourth-order valence-electron chi connectivity index (χ4n) is 5.81. The van der Waals surface area contributed by atoms with E-state index in [0.717, 1.165) is 58.0 Å². The zero-order valence-electron chi connectivity index (χ0n) is 19.2. The highest BCUT2D eigenvalue weighted by molar-refractivity contribution is 5.65. The molecule has 5 rings (SSSR count). The van der Waals surface area contributed by atoms with Gasteiger partial charge in [-0.2, -0.15) is 13.2 Å². The number of anilines is 1. The van der Waals surface area contributed by atoms with E-state index in [1.807, 2.05) is 0 Å². The number of nitrogens with one attached hydrogen (secondary N) is 1. The molecule has 1 N–H and O–H groups in total. The van der Waals surface area contributed by atoms with E-state index in [4.69, 9.17) is 4.74 Å². The van der Waals surface area contributed by atoms with Crippen LogP contribution in [0.4, 0.5) is 23.4 Å². The molecule has 2 saturated heterocycles. The molecule has 1 aromatic carbocycles. The molecule has 3 atom stereocenters. The first kappa shape index (κ1) is 23.5. The minimum atomic E-state index is -4.60. The molecule has 2 aromatic rings. The predicted octanol–water partition coefficient (Wildman–Crippen LogP) is 5.30. The summed E-state index contributed by atoms with van der Waals surface area (Å²) in [4.78, 5) is 2.46. The number of aromatic nitrogens is 2. The summed E-state index contributed by atoms with van der Waals surface area (Å²) in [5.74, 6) is 0.165. The van der Waals surface area contributed by atoms with Gasteiger partial charge >= 0.3 is 6.18 Å². The summed E-state index contributed by atoms with van der Waals surface area (Å²) in [6.45, 7) is 5.45. The molecule has 3 fully saturated rings. The summed E-state index contributed by atoms with van der Waals surface area (Å²) >= 11 is 0. The molecule has 1 saturated carbocycles. The lowest BCUT2D eigenvalue weighted by Gasteiger charge is -2.28. The Bertz CT molecular complexity index is 1010. The van der Waals surface area contributed by atoms with Gasteiger partial charge in [-0.1, -0.05) is 6.07 Å². The molecule has 1 aliphatic carbocycles. The number of alkyl halides is 3. The van der Waals surface area contributed by atoms with Crippen LogP contribution in [0.5, 0.6) is 0 Å². The van der Waals surface area contributed by atoms with Gasteiger partial charge in [0.15, 0.2) is 5.82 Å². The summed E-state index contributed by atoms with van der Waals surface area (Å²) in [5, 5.41) is 11.0. The quantitative estimate of drug-likeness (QED) is 0.591. The Labute approximate surface area is 196 Å². The van der Waals surface area contributed by atoms with Gasteiger partial charge in [-0.3, -0.25) is 0 Å². The maximum absolute atomic E-state index is 13.9. The number of likely N-dealkylation sites (tertiary alicyclic amines) is 1. The van der Waals surface area contributed by atoms with Crippen molar-refractivity contribution in [3.05, 3.63) is 41.2 Å². The maximum Gasteiger partial charge on any atom is 0.420 e. The van der Waals surface area contributed by atoms with Crippen molar-refractivity contribution in [1.82, 2.24) is 15.1 Å². The summed E-state index contributed by atoms with van der Waals surface area (Å²) < 4.78 is 61.3. The molecular weight excluding hydrogens is 448 g/mol. The second kappa shape index (κ2) is 9.41. The molecular formula is C25H30F4N4O. The van der Waals surface area contributed by atoms with E-state index in [0.29, 0.717) is 29.1 Å². The number of ether oxygens (including phenoxy) is 1. The van der Waals surface area contributed by atoms with Gasteiger partial charge in [0.25, 0.3) is 0 Å².